The molecule has 8 aliphatic rings. The highest BCUT2D eigenvalue weighted by molar-refractivity contribution is 5.66. The Morgan fingerprint density at radius 3 is 2.42 bits per heavy atom. The second-order valence-electron chi connectivity index (χ2n) is 18.3. The van der Waals surface area contributed by atoms with E-state index in [4.69, 9.17) is 33.2 Å². The standard InChI is InChI=1S/C40H60O15/c1-16-14-50-40(35(48)29(16)44)17(2)28-26(55-40)13-24-22-8-7-20-11-21(42)12-27(39(20,6)23(22)9-10-38(24,28)5)53-36-33(31(46)25(43)15-49-36)54-37-34(52-19(4)41)32(47)30(45)18(3)51-37/h7,17-18,21-37,42-48H,1,8-15H2,2-6H3/t17-,18-,21+,22-,23+,24-,25-,26-,27+,28-,29-,30-,31-,32+,33+,34+,35-,36-,37-,38-,39-,40-/m0/s1. The number of ether oxygens (including phenoxy) is 7. The second-order valence-corrected chi connectivity index (χ2v) is 18.3. The average Bonchev–Trinajstić information content (AvgIpc) is 3.59. The molecule has 15 heteroatoms. The summed E-state index contributed by atoms with van der Waals surface area (Å²) in [6.07, 6.45) is -9.54. The van der Waals surface area contributed by atoms with E-state index in [1.165, 1.54) is 6.92 Å². The van der Waals surface area contributed by atoms with E-state index in [1.54, 1.807) is 0 Å². The average molecular weight is 781 g/mol. The summed E-state index contributed by atoms with van der Waals surface area (Å²) in [6, 6.07) is 0. The summed E-state index contributed by atoms with van der Waals surface area (Å²) < 4.78 is 43.1. The quantitative estimate of drug-likeness (QED) is 0.149. The van der Waals surface area contributed by atoms with Gasteiger partial charge in [-0.05, 0) is 73.7 Å². The summed E-state index contributed by atoms with van der Waals surface area (Å²) >= 11 is 0. The Morgan fingerprint density at radius 2 is 1.69 bits per heavy atom. The molecule has 55 heavy (non-hydrogen) atoms. The maximum absolute atomic E-state index is 12.0. The van der Waals surface area contributed by atoms with Crippen molar-refractivity contribution < 1.29 is 73.7 Å². The molecule has 15 nitrogen and oxygen atoms in total. The van der Waals surface area contributed by atoms with Crippen LogP contribution in [0.25, 0.3) is 0 Å². The van der Waals surface area contributed by atoms with Gasteiger partial charge < -0.3 is 68.9 Å². The topological polar surface area (TPSA) is 223 Å². The molecule has 0 aromatic carbocycles. The van der Waals surface area contributed by atoms with Crippen LogP contribution >= 0.6 is 0 Å². The summed E-state index contributed by atoms with van der Waals surface area (Å²) in [4.78, 5) is 12.0. The summed E-state index contributed by atoms with van der Waals surface area (Å²) in [5, 5.41) is 76.5. The zero-order valence-electron chi connectivity index (χ0n) is 32.3. The molecule has 0 unspecified atom stereocenters. The molecule has 3 saturated carbocycles. The molecule has 4 aliphatic carbocycles. The van der Waals surface area contributed by atoms with Gasteiger partial charge in [0.05, 0.1) is 37.6 Å². The van der Waals surface area contributed by atoms with E-state index in [-0.39, 0.29) is 54.3 Å². The number of esters is 1. The lowest BCUT2D eigenvalue weighted by Gasteiger charge is -2.60. The van der Waals surface area contributed by atoms with E-state index in [0.717, 1.165) is 38.2 Å². The number of carbonyl (C=O) groups is 1. The summed E-state index contributed by atoms with van der Waals surface area (Å²) in [6.45, 7) is 13.0. The number of hydrogen-bond acceptors (Lipinski definition) is 15. The van der Waals surface area contributed by atoms with Crippen LogP contribution in [0.4, 0.5) is 0 Å². The van der Waals surface area contributed by atoms with Crippen molar-refractivity contribution in [3.05, 3.63) is 23.8 Å². The third-order valence-corrected chi connectivity index (χ3v) is 15.5. The van der Waals surface area contributed by atoms with E-state index in [0.29, 0.717) is 18.4 Å². The van der Waals surface area contributed by atoms with Crippen LogP contribution in [0.2, 0.25) is 0 Å². The van der Waals surface area contributed by atoms with Gasteiger partial charge in [-0.1, -0.05) is 39.0 Å². The Hall–Kier alpha value is -1.57. The lowest BCUT2D eigenvalue weighted by molar-refractivity contribution is -0.363. The molecule has 0 aromatic heterocycles. The first-order valence-corrected chi connectivity index (χ1v) is 20.1. The number of allylic oxidation sites excluding steroid dienone is 1. The number of aliphatic hydroxyl groups is 7. The van der Waals surface area contributed by atoms with Crippen LogP contribution in [0.5, 0.6) is 0 Å². The monoisotopic (exact) mass is 780 g/mol. The van der Waals surface area contributed by atoms with Crippen molar-refractivity contribution in [3.8, 4) is 0 Å². The van der Waals surface area contributed by atoms with E-state index in [1.807, 2.05) is 0 Å². The normalized spacial score (nSPS) is 56.3. The van der Waals surface area contributed by atoms with Gasteiger partial charge >= 0.3 is 5.97 Å². The van der Waals surface area contributed by atoms with Gasteiger partial charge in [-0.25, -0.2) is 0 Å². The van der Waals surface area contributed by atoms with Gasteiger partial charge in [-0.2, -0.15) is 0 Å². The fourth-order valence-electron chi connectivity index (χ4n) is 12.6. The Morgan fingerprint density at radius 1 is 0.945 bits per heavy atom. The Balaban J connectivity index is 1.05. The highest BCUT2D eigenvalue weighted by atomic mass is 16.8. The predicted molar refractivity (Wildman–Crippen MR) is 189 cm³/mol. The molecule has 4 heterocycles. The van der Waals surface area contributed by atoms with Crippen LogP contribution in [0, 0.1) is 40.4 Å². The molecule has 7 fully saturated rings. The minimum atomic E-state index is -1.55. The van der Waals surface area contributed by atoms with Crippen LogP contribution in [0.15, 0.2) is 23.8 Å². The van der Waals surface area contributed by atoms with Crippen molar-refractivity contribution in [1.82, 2.24) is 0 Å². The number of hydrogen-bond donors (Lipinski definition) is 7. The summed E-state index contributed by atoms with van der Waals surface area (Å²) in [5.74, 6) is -1.39. The van der Waals surface area contributed by atoms with Gasteiger partial charge in [0.15, 0.2) is 18.7 Å². The SMILES string of the molecule is C=C1CO[C@@]2(O[C@H]3C[C@H]4[C@H]5CC=C6C[C@@H](O)C[C@@H](O[C@@H]7OC[C@H](O)[C@H](O)[C@H]7O[C@@H]7O[C@@H](C)[C@H](O)[C@@H](O)[C@H]7OC(C)=O)[C@]6(C)[C@@H]5CC[C@]4(C)[C@H]3[C@@H]2C)[C@@H](O)[C@H]1O. The third kappa shape index (κ3) is 6.13. The zero-order valence-corrected chi connectivity index (χ0v) is 32.3. The molecule has 7 N–H and O–H groups in total. The maximum atomic E-state index is 12.0. The highest BCUT2D eigenvalue weighted by Crippen LogP contribution is 2.71. The van der Waals surface area contributed by atoms with Crippen molar-refractivity contribution in [2.24, 2.45) is 40.4 Å². The minimum absolute atomic E-state index is 0.103. The van der Waals surface area contributed by atoms with Crippen LogP contribution in [-0.2, 0) is 38.0 Å². The minimum Gasteiger partial charge on any atom is -0.454 e. The number of rotatable bonds is 5. The van der Waals surface area contributed by atoms with Gasteiger partial charge in [-0.15, -0.1) is 0 Å². The van der Waals surface area contributed by atoms with E-state index >= 15 is 0 Å². The number of carbonyl (C=O) groups excluding carboxylic acids is 1. The Bertz CT molecular complexity index is 1520. The van der Waals surface area contributed by atoms with Crippen molar-refractivity contribution >= 4 is 5.97 Å². The summed E-state index contributed by atoms with van der Waals surface area (Å²) in [7, 11) is 0. The maximum Gasteiger partial charge on any atom is 0.303 e. The second kappa shape index (κ2) is 14.3. The van der Waals surface area contributed by atoms with Crippen LogP contribution in [-0.4, -0.2) is 147 Å². The molecule has 0 aromatic rings. The van der Waals surface area contributed by atoms with Crippen molar-refractivity contribution in [1.29, 1.82) is 0 Å². The number of fused-ring (bicyclic) bond motifs is 7. The molecular formula is C40H60O15. The van der Waals surface area contributed by atoms with Gasteiger partial charge in [0.2, 0.25) is 5.79 Å². The van der Waals surface area contributed by atoms with Crippen LogP contribution in [0.1, 0.15) is 73.1 Å². The molecule has 0 amide bonds. The third-order valence-electron chi connectivity index (χ3n) is 15.5. The molecular weight excluding hydrogens is 720 g/mol. The molecule has 1 spiro atoms. The van der Waals surface area contributed by atoms with Gasteiger partial charge in [0.25, 0.3) is 0 Å². The van der Waals surface area contributed by atoms with Crippen LogP contribution in [0.3, 0.4) is 0 Å². The fraction of sp³-hybridized carbons (Fsp3) is 0.875. The van der Waals surface area contributed by atoms with Gasteiger partial charge in [0.1, 0.15) is 42.7 Å². The molecule has 4 aliphatic heterocycles. The molecule has 8 rings (SSSR count). The Kier molecular flexibility index (Phi) is 10.5. The first kappa shape index (κ1) is 40.2. The van der Waals surface area contributed by atoms with Crippen LogP contribution < -0.4 is 0 Å². The number of aliphatic hydroxyl groups excluding tert-OH is 7. The van der Waals surface area contributed by atoms with E-state index in [2.05, 4.69) is 33.4 Å². The first-order valence-electron chi connectivity index (χ1n) is 20.1. The Labute approximate surface area is 321 Å². The molecule has 4 saturated heterocycles. The molecule has 310 valence electrons. The highest BCUT2D eigenvalue weighted by Gasteiger charge is 2.71. The molecule has 22 atom stereocenters. The smallest absolute Gasteiger partial charge is 0.303 e. The van der Waals surface area contributed by atoms with Crippen molar-refractivity contribution in [2.75, 3.05) is 13.2 Å². The van der Waals surface area contributed by atoms with Crippen molar-refractivity contribution in [2.45, 2.75) is 165 Å². The predicted octanol–water partition coefficient (Wildman–Crippen LogP) is 0.432. The molecule has 0 bridgehead atoms. The lowest BCUT2D eigenvalue weighted by atomic mass is 9.46. The molecule has 0 radical (unpaired) electrons. The van der Waals surface area contributed by atoms with Gasteiger partial charge in [-0.3, -0.25) is 4.79 Å². The lowest BCUT2D eigenvalue weighted by Crippen LogP contribution is -2.64. The van der Waals surface area contributed by atoms with E-state index < -0.39 is 96.9 Å². The zero-order chi connectivity index (χ0) is 39.5. The largest absolute Gasteiger partial charge is 0.454 e. The first-order chi connectivity index (χ1) is 25.9. The summed E-state index contributed by atoms with van der Waals surface area (Å²) in [5.41, 5.74) is 0.893. The van der Waals surface area contributed by atoms with Crippen molar-refractivity contribution in [3.63, 3.8) is 0 Å². The fourth-order valence-corrected chi connectivity index (χ4v) is 12.6. The van der Waals surface area contributed by atoms with Gasteiger partial charge in [0, 0.05) is 24.7 Å². The van der Waals surface area contributed by atoms with E-state index in [9.17, 15) is 40.5 Å².